The lowest BCUT2D eigenvalue weighted by Crippen LogP contribution is -2.17. The lowest BCUT2D eigenvalue weighted by Gasteiger charge is -2.16. The summed E-state index contributed by atoms with van der Waals surface area (Å²) in [5.41, 5.74) is 0. The quantitative estimate of drug-likeness (QED) is 0.149. The first-order valence-corrected chi connectivity index (χ1v) is 10.6. The molecule has 0 aromatic carbocycles. The van der Waals surface area contributed by atoms with Crippen molar-refractivity contribution in [2.24, 2.45) is 11.8 Å². The van der Waals surface area contributed by atoms with Gasteiger partial charge in [0.25, 0.3) is 0 Å². The monoisotopic (exact) mass is 350 g/mol. The summed E-state index contributed by atoms with van der Waals surface area (Å²) in [5.74, 6) is -0.783. The topological polar surface area (TPSA) is 43.4 Å². The van der Waals surface area contributed by atoms with Gasteiger partial charge in [-0.15, -0.1) is 0 Å². The van der Waals surface area contributed by atoms with Crippen LogP contribution in [-0.2, 0) is 14.3 Å². The molecule has 144 valence electrons. The molecule has 0 radical (unpaired) electrons. The standard InChI is InChI=1S/C22H38O3/c1-3-5-6-7-8-9-10-11-12-13-14-15-17-19(16-4-2)20-18-21(23)25-22(20)24/h4,16,19-20H,3,5-15,17-18H2,1-2H3/b16-4+. The number of hydrogen-bond acceptors (Lipinski definition) is 3. The molecule has 0 saturated carbocycles. The Balaban J connectivity index is 2.02. The Morgan fingerprint density at radius 3 is 1.88 bits per heavy atom. The van der Waals surface area contributed by atoms with Gasteiger partial charge >= 0.3 is 11.9 Å². The van der Waals surface area contributed by atoms with Crippen molar-refractivity contribution < 1.29 is 14.3 Å². The van der Waals surface area contributed by atoms with Gasteiger partial charge < -0.3 is 4.74 Å². The van der Waals surface area contributed by atoms with Crippen LogP contribution in [0.3, 0.4) is 0 Å². The average molecular weight is 351 g/mol. The summed E-state index contributed by atoms with van der Waals surface area (Å²) < 4.78 is 4.70. The van der Waals surface area contributed by atoms with E-state index in [2.05, 4.69) is 13.0 Å². The van der Waals surface area contributed by atoms with Crippen LogP contribution in [0.2, 0.25) is 0 Å². The molecule has 0 N–H and O–H groups in total. The van der Waals surface area contributed by atoms with E-state index < -0.39 is 0 Å². The van der Waals surface area contributed by atoms with Crippen molar-refractivity contribution >= 4 is 11.9 Å². The molecule has 1 aliphatic rings. The first-order chi connectivity index (χ1) is 12.2. The molecule has 25 heavy (non-hydrogen) atoms. The lowest BCUT2D eigenvalue weighted by atomic mass is 9.86. The van der Waals surface area contributed by atoms with Crippen LogP contribution in [0.1, 0.15) is 104 Å². The molecular formula is C22H38O3. The van der Waals surface area contributed by atoms with Crippen LogP contribution in [0.15, 0.2) is 12.2 Å². The maximum absolute atomic E-state index is 11.7. The third-order valence-electron chi connectivity index (χ3n) is 5.25. The second kappa shape index (κ2) is 14.1. The highest BCUT2D eigenvalue weighted by atomic mass is 16.6. The Labute approximate surface area is 154 Å². The van der Waals surface area contributed by atoms with Gasteiger partial charge in [-0.05, 0) is 19.3 Å². The van der Waals surface area contributed by atoms with E-state index in [9.17, 15) is 9.59 Å². The smallest absolute Gasteiger partial charge is 0.317 e. The van der Waals surface area contributed by atoms with Crippen molar-refractivity contribution in [1.82, 2.24) is 0 Å². The number of hydrogen-bond donors (Lipinski definition) is 0. The molecule has 1 heterocycles. The van der Waals surface area contributed by atoms with Crippen molar-refractivity contribution in [2.45, 2.75) is 104 Å². The van der Waals surface area contributed by atoms with Crippen LogP contribution >= 0.6 is 0 Å². The van der Waals surface area contributed by atoms with E-state index >= 15 is 0 Å². The number of unbranched alkanes of at least 4 members (excludes halogenated alkanes) is 11. The molecule has 0 bridgehead atoms. The third kappa shape index (κ3) is 9.81. The van der Waals surface area contributed by atoms with E-state index in [0.717, 1.165) is 12.8 Å². The maximum Gasteiger partial charge on any atom is 0.317 e. The summed E-state index contributed by atoms with van der Waals surface area (Å²) in [6, 6.07) is 0. The van der Waals surface area contributed by atoms with E-state index in [4.69, 9.17) is 4.74 Å². The van der Waals surface area contributed by atoms with Gasteiger partial charge in [-0.25, -0.2) is 0 Å². The largest absolute Gasteiger partial charge is 0.393 e. The predicted octanol–water partition coefficient (Wildman–Crippen LogP) is 6.36. The Kier molecular flexibility index (Phi) is 12.4. The van der Waals surface area contributed by atoms with E-state index in [1.54, 1.807) is 0 Å². The maximum atomic E-state index is 11.7. The fraction of sp³-hybridized carbons (Fsp3) is 0.818. The molecule has 0 spiro atoms. The Bertz CT molecular complexity index is 400. The zero-order valence-electron chi connectivity index (χ0n) is 16.4. The predicted molar refractivity (Wildman–Crippen MR) is 103 cm³/mol. The minimum atomic E-state index is -0.362. The number of carbonyl (C=O) groups excluding carboxylic acids is 2. The highest BCUT2D eigenvalue weighted by Gasteiger charge is 2.37. The molecule has 0 amide bonds. The molecule has 3 heteroatoms. The summed E-state index contributed by atoms with van der Waals surface area (Å²) >= 11 is 0. The summed E-state index contributed by atoms with van der Waals surface area (Å²) in [4.78, 5) is 23.0. The van der Waals surface area contributed by atoms with Crippen molar-refractivity contribution in [1.29, 1.82) is 0 Å². The molecule has 3 nitrogen and oxygen atoms in total. The van der Waals surface area contributed by atoms with Crippen LogP contribution in [0.4, 0.5) is 0 Å². The zero-order valence-corrected chi connectivity index (χ0v) is 16.4. The molecule has 0 aromatic heterocycles. The van der Waals surface area contributed by atoms with E-state index in [0.29, 0.717) is 0 Å². The highest BCUT2D eigenvalue weighted by molar-refractivity contribution is 5.94. The van der Waals surface area contributed by atoms with Gasteiger partial charge in [0.05, 0.1) is 12.3 Å². The normalized spacial score (nSPS) is 18.9. The molecule has 0 aromatic rings. The SMILES string of the molecule is C/C=C/C(CCCCCCCCCCCCCC)C1CC(=O)OC1=O. The molecule has 1 aliphatic heterocycles. The fourth-order valence-electron chi connectivity index (χ4n) is 3.72. The van der Waals surface area contributed by atoms with Gasteiger partial charge in [-0.2, -0.15) is 0 Å². The second-order valence-corrected chi connectivity index (χ2v) is 7.47. The first kappa shape index (κ1) is 21.9. The Morgan fingerprint density at radius 1 is 0.920 bits per heavy atom. The minimum Gasteiger partial charge on any atom is -0.393 e. The average Bonchev–Trinajstić information content (AvgIpc) is 2.93. The molecule has 1 fully saturated rings. The van der Waals surface area contributed by atoms with Crippen molar-refractivity contribution in [2.75, 3.05) is 0 Å². The van der Waals surface area contributed by atoms with Gasteiger partial charge in [-0.3, -0.25) is 9.59 Å². The fourth-order valence-corrected chi connectivity index (χ4v) is 3.72. The third-order valence-corrected chi connectivity index (χ3v) is 5.25. The first-order valence-electron chi connectivity index (χ1n) is 10.6. The molecule has 1 rings (SSSR count). The lowest BCUT2D eigenvalue weighted by molar-refractivity contribution is -0.153. The van der Waals surface area contributed by atoms with Crippen molar-refractivity contribution in [3.05, 3.63) is 12.2 Å². The summed E-state index contributed by atoms with van der Waals surface area (Å²) in [7, 11) is 0. The van der Waals surface area contributed by atoms with Gasteiger partial charge in [0, 0.05) is 0 Å². The number of esters is 2. The Morgan fingerprint density at radius 2 is 1.44 bits per heavy atom. The number of rotatable bonds is 15. The van der Waals surface area contributed by atoms with Gasteiger partial charge in [0.1, 0.15) is 0 Å². The van der Waals surface area contributed by atoms with E-state index in [1.165, 1.54) is 70.6 Å². The molecule has 1 saturated heterocycles. The number of ether oxygens (including phenoxy) is 1. The van der Waals surface area contributed by atoms with Crippen molar-refractivity contribution in [3.63, 3.8) is 0 Å². The number of cyclic esters (lactones) is 2. The summed E-state index contributed by atoms with van der Waals surface area (Å²) in [5, 5.41) is 0. The number of carbonyl (C=O) groups is 2. The van der Waals surface area contributed by atoms with Crippen LogP contribution in [0.5, 0.6) is 0 Å². The Hall–Kier alpha value is -1.12. The van der Waals surface area contributed by atoms with Crippen LogP contribution < -0.4 is 0 Å². The summed E-state index contributed by atoms with van der Waals surface area (Å²) in [6.07, 6.45) is 21.3. The van der Waals surface area contributed by atoms with Gasteiger partial charge in [0.2, 0.25) is 0 Å². The highest BCUT2D eigenvalue weighted by Crippen LogP contribution is 2.29. The van der Waals surface area contributed by atoms with E-state index in [1.807, 2.05) is 13.0 Å². The summed E-state index contributed by atoms with van der Waals surface area (Å²) in [6.45, 7) is 4.23. The van der Waals surface area contributed by atoms with Crippen molar-refractivity contribution in [3.8, 4) is 0 Å². The number of allylic oxidation sites excluding steroid dienone is 2. The molecule has 0 aliphatic carbocycles. The molecule has 2 unspecified atom stereocenters. The molecule has 2 atom stereocenters. The van der Waals surface area contributed by atoms with Gasteiger partial charge in [-0.1, -0.05) is 96.1 Å². The van der Waals surface area contributed by atoms with Crippen LogP contribution in [-0.4, -0.2) is 11.9 Å². The second-order valence-electron chi connectivity index (χ2n) is 7.47. The van der Waals surface area contributed by atoms with Gasteiger partial charge in [0.15, 0.2) is 0 Å². The molecular weight excluding hydrogens is 312 g/mol. The minimum absolute atomic E-state index is 0.159. The van der Waals surface area contributed by atoms with Crippen LogP contribution in [0, 0.1) is 11.8 Å². The van der Waals surface area contributed by atoms with E-state index in [-0.39, 0.29) is 30.2 Å². The van der Waals surface area contributed by atoms with Crippen LogP contribution in [0.25, 0.3) is 0 Å². The zero-order chi connectivity index (χ0) is 18.3.